The van der Waals surface area contributed by atoms with Crippen molar-refractivity contribution in [3.63, 3.8) is 0 Å². The van der Waals surface area contributed by atoms with Crippen molar-refractivity contribution in [2.75, 3.05) is 39.3 Å². The molecule has 1 aromatic carbocycles. The fraction of sp³-hybridized carbons (Fsp3) is 0.571. The molecule has 0 bridgehead atoms. The van der Waals surface area contributed by atoms with Crippen LogP contribution in [0.5, 0.6) is 0 Å². The number of benzene rings is 1. The number of aryl methyl sites for hydroxylation is 1. The van der Waals surface area contributed by atoms with Crippen LogP contribution >= 0.6 is 0 Å². The maximum atomic E-state index is 5.58. The van der Waals surface area contributed by atoms with E-state index >= 15 is 0 Å². The second kappa shape index (κ2) is 6.15. The number of rotatable bonds is 4. The van der Waals surface area contributed by atoms with Crippen molar-refractivity contribution in [3.8, 4) is 0 Å². The Balaban J connectivity index is 1.82. The number of nitrogens with two attached hydrogens (primary N) is 1. The van der Waals surface area contributed by atoms with Gasteiger partial charge in [-0.25, -0.2) is 0 Å². The Morgan fingerprint density at radius 1 is 1.12 bits per heavy atom. The van der Waals surface area contributed by atoms with Crippen molar-refractivity contribution in [2.45, 2.75) is 13.5 Å². The van der Waals surface area contributed by atoms with E-state index in [1.807, 2.05) is 0 Å². The normalized spacial score (nSPS) is 18.5. The first-order chi connectivity index (χ1) is 8.28. The molecule has 1 fully saturated rings. The monoisotopic (exact) mass is 233 g/mol. The Bertz CT molecular complexity index is 343. The Kier molecular flexibility index (Phi) is 4.54. The molecule has 1 saturated heterocycles. The van der Waals surface area contributed by atoms with E-state index in [9.17, 15) is 0 Å². The summed E-state index contributed by atoms with van der Waals surface area (Å²) in [5.74, 6) is 0. The van der Waals surface area contributed by atoms with Crippen LogP contribution in [0.15, 0.2) is 24.3 Å². The van der Waals surface area contributed by atoms with Crippen molar-refractivity contribution in [3.05, 3.63) is 35.4 Å². The molecule has 0 aromatic heterocycles. The first-order valence-corrected chi connectivity index (χ1v) is 6.48. The highest BCUT2D eigenvalue weighted by Crippen LogP contribution is 2.09. The highest BCUT2D eigenvalue weighted by atomic mass is 15.3. The molecule has 2 rings (SSSR count). The summed E-state index contributed by atoms with van der Waals surface area (Å²) in [6, 6.07) is 8.81. The lowest BCUT2D eigenvalue weighted by atomic mass is 10.1. The van der Waals surface area contributed by atoms with E-state index < -0.39 is 0 Å². The molecule has 94 valence electrons. The SMILES string of the molecule is Cc1cccc(CN2CCN(CCN)CC2)c1. The topological polar surface area (TPSA) is 32.5 Å². The maximum absolute atomic E-state index is 5.58. The third-order valence-electron chi connectivity index (χ3n) is 3.40. The van der Waals surface area contributed by atoms with E-state index in [0.29, 0.717) is 0 Å². The van der Waals surface area contributed by atoms with Gasteiger partial charge in [0.1, 0.15) is 0 Å². The Morgan fingerprint density at radius 3 is 2.47 bits per heavy atom. The summed E-state index contributed by atoms with van der Waals surface area (Å²) in [5, 5.41) is 0. The molecule has 3 heteroatoms. The molecule has 0 spiro atoms. The minimum Gasteiger partial charge on any atom is -0.329 e. The number of nitrogens with zero attached hydrogens (tertiary/aromatic N) is 2. The molecular formula is C14H23N3. The maximum Gasteiger partial charge on any atom is 0.0234 e. The summed E-state index contributed by atoms with van der Waals surface area (Å²) in [6.45, 7) is 9.69. The van der Waals surface area contributed by atoms with E-state index in [2.05, 4.69) is 41.0 Å². The third kappa shape index (κ3) is 3.80. The van der Waals surface area contributed by atoms with Gasteiger partial charge in [0, 0.05) is 45.8 Å². The standard InChI is InChI=1S/C14H23N3/c1-13-3-2-4-14(11-13)12-17-9-7-16(6-5-15)8-10-17/h2-4,11H,5-10,12,15H2,1H3. The molecule has 17 heavy (non-hydrogen) atoms. The molecule has 3 nitrogen and oxygen atoms in total. The van der Waals surface area contributed by atoms with Crippen LogP contribution in [0.2, 0.25) is 0 Å². The van der Waals surface area contributed by atoms with Crippen molar-refractivity contribution >= 4 is 0 Å². The summed E-state index contributed by atoms with van der Waals surface area (Å²) >= 11 is 0. The number of hydrogen-bond donors (Lipinski definition) is 1. The molecular weight excluding hydrogens is 210 g/mol. The van der Waals surface area contributed by atoms with E-state index in [1.165, 1.54) is 11.1 Å². The lowest BCUT2D eigenvalue weighted by Crippen LogP contribution is -2.47. The van der Waals surface area contributed by atoms with E-state index in [0.717, 1.165) is 45.8 Å². The first-order valence-electron chi connectivity index (χ1n) is 6.48. The average molecular weight is 233 g/mol. The zero-order valence-electron chi connectivity index (χ0n) is 10.7. The van der Waals surface area contributed by atoms with E-state index in [-0.39, 0.29) is 0 Å². The van der Waals surface area contributed by atoms with Crippen LogP contribution in [0.25, 0.3) is 0 Å². The molecule has 1 aliphatic rings. The van der Waals surface area contributed by atoms with Crippen LogP contribution in [0.3, 0.4) is 0 Å². The Labute approximate surface area is 104 Å². The predicted octanol–water partition coefficient (Wildman–Crippen LogP) is 1.07. The molecule has 0 atom stereocenters. The van der Waals surface area contributed by atoms with Gasteiger partial charge in [0.25, 0.3) is 0 Å². The van der Waals surface area contributed by atoms with Gasteiger partial charge in [0.15, 0.2) is 0 Å². The molecule has 0 aliphatic carbocycles. The summed E-state index contributed by atoms with van der Waals surface area (Å²) < 4.78 is 0. The number of piperazine rings is 1. The lowest BCUT2D eigenvalue weighted by Gasteiger charge is -2.34. The van der Waals surface area contributed by atoms with Gasteiger partial charge in [-0.2, -0.15) is 0 Å². The van der Waals surface area contributed by atoms with Crippen LogP contribution in [0, 0.1) is 6.92 Å². The molecule has 0 radical (unpaired) electrons. The first kappa shape index (κ1) is 12.6. The summed E-state index contributed by atoms with van der Waals surface area (Å²) in [5.41, 5.74) is 8.36. The average Bonchev–Trinajstić information content (AvgIpc) is 2.32. The summed E-state index contributed by atoms with van der Waals surface area (Å²) in [4.78, 5) is 4.98. The van der Waals surface area contributed by atoms with Crippen molar-refractivity contribution < 1.29 is 0 Å². The van der Waals surface area contributed by atoms with Crippen LogP contribution in [-0.4, -0.2) is 49.1 Å². The Hall–Kier alpha value is -0.900. The van der Waals surface area contributed by atoms with Crippen molar-refractivity contribution in [1.82, 2.24) is 9.80 Å². The molecule has 0 unspecified atom stereocenters. The Morgan fingerprint density at radius 2 is 1.82 bits per heavy atom. The van der Waals surface area contributed by atoms with Gasteiger partial charge in [-0.05, 0) is 12.5 Å². The van der Waals surface area contributed by atoms with Crippen molar-refractivity contribution in [1.29, 1.82) is 0 Å². The smallest absolute Gasteiger partial charge is 0.0234 e. The highest BCUT2D eigenvalue weighted by molar-refractivity contribution is 5.22. The van der Waals surface area contributed by atoms with Gasteiger partial charge in [-0.1, -0.05) is 29.8 Å². The highest BCUT2D eigenvalue weighted by Gasteiger charge is 2.15. The minimum atomic E-state index is 0.776. The van der Waals surface area contributed by atoms with Crippen LogP contribution in [0.4, 0.5) is 0 Å². The van der Waals surface area contributed by atoms with Crippen LogP contribution < -0.4 is 5.73 Å². The molecule has 0 amide bonds. The van der Waals surface area contributed by atoms with Gasteiger partial charge in [-0.3, -0.25) is 9.80 Å². The quantitative estimate of drug-likeness (QED) is 0.844. The predicted molar refractivity (Wildman–Crippen MR) is 72.0 cm³/mol. The summed E-state index contributed by atoms with van der Waals surface area (Å²) in [6.07, 6.45) is 0. The third-order valence-corrected chi connectivity index (χ3v) is 3.40. The minimum absolute atomic E-state index is 0.776. The lowest BCUT2D eigenvalue weighted by molar-refractivity contribution is 0.130. The second-order valence-corrected chi connectivity index (χ2v) is 4.90. The van der Waals surface area contributed by atoms with E-state index in [1.54, 1.807) is 0 Å². The van der Waals surface area contributed by atoms with Gasteiger partial charge < -0.3 is 5.73 Å². The fourth-order valence-electron chi connectivity index (χ4n) is 2.42. The van der Waals surface area contributed by atoms with E-state index in [4.69, 9.17) is 5.73 Å². The molecule has 0 saturated carbocycles. The molecule has 1 aliphatic heterocycles. The largest absolute Gasteiger partial charge is 0.329 e. The van der Waals surface area contributed by atoms with Gasteiger partial charge in [0.05, 0.1) is 0 Å². The van der Waals surface area contributed by atoms with Gasteiger partial charge in [0.2, 0.25) is 0 Å². The molecule has 2 N–H and O–H groups in total. The van der Waals surface area contributed by atoms with Gasteiger partial charge in [-0.15, -0.1) is 0 Å². The second-order valence-electron chi connectivity index (χ2n) is 4.90. The molecule has 1 heterocycles. The zero-order valence-corrected chi connectivity index (χ0v) is 10.7. The van der Waals surface area contributed by atoms with Gasteiger partial charge >= 0.3 is 0 Å². The van der Waals surface area contributed by atoms with Crippen LogP contribution in [-0.2, 0) is 6.54 Å². The number of hydrogen-bond acceptors (Lipinski definition) is 3. The summed E-state index contributed by atoms with van der Waals surface area (Å²) in [7, 11) is 0. The van der Waals surface area contributed by atoms with Crippen LogP contribution in [0.1, 0.15) is 11.1 Å². The fourth-order valence-corrected chi connectivity index (χ4v) is 2.42. The van der Waals surface area contributed by atoms with Crippen molar-refractivity contribution in [2.24, 2.45) is 5.73 Å². The molecule has 1 aromatic rings. The zero-order chi connectivity index (χ0) is 12.1.